The summed E-state index contributed by atoms with van der Waals surface area (Å²) in [4.78, 5) is 29.0. The van der Waals surface area contributed by atoms with Crippen LogP contribution in [-0.4, -0.2) is 59.1 Å². The Hall–Kier alpha value is -4.28. The van der Waals surface area contributed by atoms with E-state index in [2.05, 4.69) is 43.1 Å². The lowest BCUT2D eigenvalue weighted by Gasteiger charge is -2.30. The molecular formula is C34H38N6O3S. The number of nitrogens with zero attached hydrogens (tertiary/aromatic N) is 4. The quantitative estimate of drug-likeness (QED) is 0.165. The van der Waals surface area contributed by atoms with Gasteiger partial charge in [-0.25, -0.2) is 15.0 Å². The molecule has 44 heavy (non-hydrogen) atoms. The molecule has 0 unspecified atom stereocenters. The largest absolute Gasteiger partial charge is 0.493 e. The summed E-state index contributed by atoms with van der Waals surface area (Å²) in [7, 11) is 1.65. The first-order valence-corrected chi connectivity index (χ1v) is 15.9. The van der Waals surface area contributed by atoms with E-state index in [9.17, 15) is 4.79 Å². The second-order valence-corrected chi connectivity index (χ2v) is 12.6. The smallest absolute Gasteiger partial charge is 0.248 e. The van der Waals surface area contributed by atoms with Gasteiger partial charge in [-0.05, 0) is 87.5 Å². The number of ether oxygens (including phenoxy) is 2. The molecule has 1 fully saturated rings. The van der Waals surface area contributed by atoms with Crippen LogP contribution in [0.4, 0.5) is 11.5 Å². The van der Waals surface area contributed by atoms with Crippen molar-refractivity contribution in [2.45, 2.75) is 40.0 Å². The SMILES string of the molecule is COc1cc2c(Nc3c(C)cccc3C)nc(-c3nc4ccc(C(N)=O)cc4s3)nc2cc1OCCCN1CCC(C)CC1. The van der Waals surface area contributed by atoms with E-state index in [1.807, 2.05) is 18.2 Å². The fourth-order valence-electron chi connectivity index (χ4n) is 5.66. The van der Waals surface area contributed by atoms with Gasteiger partial charge in [-0.15, -0.1) is 11.3 Å². The van der Waals surface area contributed by atoms with Crippen LogP contribution in [0.1, 0.15) is 47.7 Å². The predicted octanol–water partition coefficient (Wildman–Crippen LogP) is 6.88. The predicted molar refractivity (Wildman–Crippen MR) is 177 cm³/mol. The van der Waals surface area contributed by atoms with Crippen LogP contribution in [0.15, 0.2) is 48.5 Å². The van der Waals surface area contributed by atoms with E-state index in [-0.39, 0.29) is 0 Å². The van der Waals surface area contributed by atoms with E-state index >= 15 is 0 Å². The van der Waals surface area contributed by atoms with E-state index in [1.165, 1.54) is 24.2 Å². The van der Waals surface area contributed by atoms with Crippen molar-refractivity contribution in [3.63, 3.8) is 0 Å². The number of nitrogens with two attached hydrogens (primary N) is 1. The van der Waals surface area contributed by atoms with Crippen molar-refractivity contribution in [3.05, 3.63) is 65.2 Å². The van der Waals surface area contributed by atoms with Gasteiger partial charge in [0, 0.05) is 29.2 Å². The number of nitrogens with one attached hydrogen (secondary N) is 1. The van der Waals surface area contributed by atoms with E-state index in [1.54, 1.807) is 25.3 Å². The normalized spacial score (nSPS) is 14.3. The van der Waals surface area contributed by atoms with Crippen LogP contribution in [0.25, 0.3) is 32.0 Å². The van der Waals surface area contributed by atoms with Crippen LogP contribution in [0.2, 0.25) is 0 Å². The number of aromatic nitrogens is 3. The highest BCUT2D eigenvalue weighted by Crippen LogP contribution is 2.38. The Morgan fingerprint density at radius 1 is 1.02 bits per heavy atom. The highest BCUT2D eigenvalue weighted by atomic mass is 32.1. The minimum Gasteiger partial charge on any atom is -0.493 e. The number of likely N-dealkylation sites (tertiary alicyclic amines) is 1. The molecule has 9 nitrogen and oxygen atoms in total. The molecule has 1 amide bonds. The van der Waals surface area contributed by atoms with Gasteiger partial charge in [-0.2, -0.15) is 0 Å². The molecule has 0 atom stereocenters. The Morgan fingerprint density at radius 3 is 2.52 bits per heavy atom. The topological polar surface area (TPSA) is 115 Å². The van der Waals surface area contributed by atoms with Gasteiger partial charge in [0.25, 0.3) is 0 Å². The zero-order valence-corrected chi connectivity index (χ0v) is 26.5. The van der Waals surface area contributed by atoms with Crippen LogP contribution in [-0.2, 0) is 0 Å². The standard InChI is InChI=1S/C34H38N6O3S/c1-20-11-14-40(15-12-20)13-6-16-43-28-19-26-24(18-27(28)42-4)32(38-30-21(2)7-5-8-22(30)3)39-33(36-26)34-37-25-10-9-23(31(35)41)17-29(25)44-34/h5,7-10,17-20H,6,11-16H2,1-4H3,(H2,35,41)(H,36,38,39). The van der Waals surface area contributed by atoms with Gasteiger partial charge in [0.1, 0.15) is 5.82 Å². The van der Waals surface area contributed by atoms with Gasteiger partial charge in [0.05, 0.1) is 29.5 Å². The molecular weight excluding hydrogens is 572 g/mol. The third kappa shape index (κ3) is 6.32. The Kier molecular flexibility index (Phi) is 8.63. The Bertz CT molecular complexity index is 1810. The molecule has 1 aliphatic rings. The second kappa shape index (κ2) is 12.8. The summed E-state index contributed by atoms with van der Waals surface area (Å²) < 4.78 is 12.9. The minimum absolute atomic E-state index is 0.438. The number of hydrogen-bond donors (Lipinski definition) is 2. The average molecular weight is 611 g/mol. The number of carbonyl (C=O) groups is 1. The molecule has 0 bridgehead atoms. The number of carbonyl (C=O) groups excluding carboxylic acids is 1. The number of fused-ring (bicyclic) bond motifs is 2. The van der Waals surface area contributed by atoms with Gasteiger partial charge in [-0.1, -0.05) is 25.1 Å². The van der Waals surface area contributed by atoms with Crippen molar-refractivity contribution in [3.8, 4) is 22.3 Å². The number of hydrogen-bond acceptors (Lipinski definition) is 9. The average Bonchev–Trinajstić information content (AvgIpc) is 3.45. The lowest BCUT2D eigenvalue weighted by molar-refractivity contribution is 0.100. The molecule has 10 heteroatoms. The molecule has 3 heterocycles. The number of piperidine rings is 1. The highest BCUT2D eigenvalue weighted by molar-refractivity contribution is 7.21. The number of primary amides is 1. The molecule has 0 spiro atoms. The third-order valence-electron chi connectivity index (χ3n) is 8.32. The van der Waals surface area contributed by atoms with Crippen LogP contribution in [0.5, 0.6) is 11.5 Å². The summed E-state index contributed by atoms with van der Waals surface area (Å²) in [6, 6.07) is 15.3. The van der Waals surface area contributed by atoms with Gasteiger partial charge < -0.3 is 25.4 Å². The number of anilines is 2. The Morgan fingerprint density at radius 2 is 1.80 bits per heavy atom. The van der Waals surface area contributed by atoms with Crippen molar-refractivity contribution < 1.29 is 14.3 Å². The molecule has 1 aliphatic heterocycles. The Labute approximate surface area is 261 Å². The van der Waals surface area contributed by atoms with Crippen LogP contribution >= 0.6 is 11.3 Å². The molecule has 2 aromatic heterocycles. The molecule has 228 valence electrons. The van der Waals surface area contributed by atoms with Crippen LogP contribution in [0, 0.1) is 19.8 Å². The maximum atomic E-state index is 11.8. The third-order valence-corrected chi connectivity index (χ3v) is 9.34. The molecule has 0 aliphatic carbocycles. The van der Waals surface area contributed by atoms with E-state index < -0.39 is 5.91 Å². The van der Waals surface area contributed by atoms with Gasteiger partial charge in [-0.3, -0.25) is 4.79 Å². The zero-order chi connectivity index (χ0) is 30.8. The zero-order valence-electron chi connectivity index (χ0n) is 25.6. The fourth-order valence-corrected chi connectivity index (χ4v) is 6.60. The fraction of sp³-hybridized carbons (Fsp3) is 0.353. The van der Waals surface area contributed by atoms with Crippen molar-refractivity contribution in [2.24, 2.45) is 11.7 Å². The van der Waals surface area contributed by atoms with Crippen molar-refractivity contribution in [2.75, 3.05) is 38.7 Å². The van der Waals surface area contributed by atoms with Crippen LogP contribution in [0.3, 0.4) is 0 Å². The van der Waals surface area contributed by atoms with Crippen molar-refractivity contribution >= 4 is 49.9 Å². The number of methoxy groups -OCH3 is 1. The number of thiazole rings is 1. The maximum Gasteiger partial charge on any atom is 0.248 e. The second-order valence-electron chi connectivity index (χ2n) is 11.6. The molecule has 3 aromatic carbocycles. The summed E-state index contributed by atoms with van der Waals surface area (Å²) in [5, 5.41) is 5.02. The molecule has 0 radical (unpaired) electrons. The molecule has 5 aromatic rings. The summed E-state index contributed by atoms with van der Waals surface area (Å²) in [5.41, 5.74) is 10.6. The van der Waals surface area contributed by atoms with Gasteiger partial charge in [0.15, 0.2) is 22.3 Å². The molecule has 1 saturated heterocycles. The first-order valence-electron chi connectivity index (χ1n) is 15.1. The minimum atomic E-state index is -0.476. The lowest BCUT2D eigenvalue weighted by atomic mass is 9.99. The summed E-state index contributed by atoms with van der Waals surface area (Å²) in [6.45, 7) is 10.4. The van der Waals surface area contributed by atoms with Crippen molar-refractivity contribution in [1.82, 2.24) is 19.9 Å². The first-order chi connectivity index (χ1) is 21.3. The Balaban J connectivity index is 1.36. The van der Waals surface area contributed by atoms with Gasteiger partial charge in [0.2, 0.25) is 5.91 Å². The number of amides is 1. The summed E-state index contributed by atoms with van der Waals surface area (Å²) in [5.74, 6) is 2.73. The summed E-state index contributed by atoms with van der Waals surface area (Å²) >= 11 is 1.42. The number of benzene rings is 3. The highest BCUT2D eigenvalue weighted by Gasteiger charge is 2.19. The van der Waals surface area contributed by atoms with E-state index in [4.69, 9.17) is 30.2 Å². The number of para-hydroxylation sites is 1. The number of rotatable bonds is 10. The summed E-state index contributed by atoms with van der Waals surface area (Å²) in [6.07, 6.45) is 3.46. The van der Waals surface area contributed by atoms with E-state index in [0.717, 1.165) is 64.4 Å². The molecule has 0 saturated carbocycles. The van der Waals surface area contributed by atoms with Gasteiger partial charge >= 0.3 is 0 Å². The lowest BCUT2D eigenvalue weighted by Crippen LogP contribution is -2.34. The van der Waals surface area contributed by atoms with E-state index in [0.29, 0.717) is 45.8 Å². The van der Waals surface area contributed by atoms with Crippen molar-refractivity contribution in [1.29, 1.82) is 0 Å². The maximum absolute atomic E-state index is 11.8. The first kappa shape index (κ1) is 29.8. The monoisotopic (exact) mass is 610 g/mol. The molecule has 3 N–H and O–H groups in total. The number of aryl methyl sites for hydroxylation is 2. The van der Waals surface area contributed by atoms with Crippen LogP contribution < -0.4 is 20.5 Å². The molecule has 6 rings (SSSR count).